The molecular weight excluding hydrogens is 398 g/mol. The Bertz CT molecular complexity index is 875. The van der Waals surface area contributed by atoms with Gasteiger partial charge in [-0.05, 0) is 53.5 Å². The molecule has 0 aliphatic rings. The summed E-state index contributed by atoms with van der Waals surface area (Å²) in [6, 6.07) is 14.2. The molecule has 1 heterocycles. The lowest BCUT2D eigenvalue weighted by atomic mass is 10.1. The highest BCUT2D eigenvalue weighted by Crippen LogP contribution is 2.26. The third-order valence-corrected chi connectivity index (χ3v) is 4.85. The Morgan fingerprint density at radius 3 is 2.76 bits per heavy atom. The van der Waals surface area contributed by atoms with Crippen LogP contribution < -0.4 is 10.2 Å². The summed E-state index contributed by atoms with van der Waals surface area (Å²) in [5.74, 6) is 0.829. The van der Waals surface area contributed by atoms with Gasteiger partial charge in [0.25, 0.3) is 0 Å². The van der Waals surface area contributed by atoms with Crippen molar-refractivity contribution in [1.82, 2.24) is 4.98 Å². The summed E-state index contributed by atoms with van der Waals surface area (Å²) in [5, 5.41) is 7.05. The fourth-order valence-electron chi connectivity index (χ4n) is 2.21. The molecule has 6 heteroatoms. The molecule has 0 bridgehead atoms. The van der Waals surface area contributed by atoms with Gasteiger partial charge in [-0.2, -0.15) is 5.10 Å². The van der Waals surface area contributed by atoms with Crippen LogP contribution in [0.15, 0.2) is 57.4 Å². The number of anilines is 1. The van der Waals surface area contributed by atoms with E-state index in [0.717, 1.165) is 32.2 Å². The molecule has 4 nitrogen and oxygen atoms in total. The van der Waals surface area contributed by atoms with Gasteiger partial charge in [-0.25, -0.2) is 4.98 Å². The lowest BCUT2D eigenvalue weighted by Crippen LogP contribution is -1.94. The number of nitrogens with zero attached hydrogens (tertiary/aromatic N) is 2. The first kappa shape index (κ1) is 17.6. The van der Waals surface area contributed by atoms with Crippen molar-refractivity contribution in [3.05, 3.63) is 63.4 Å². The quantitative estimate of drug-likeness (QED) is 0.413. The minimum atomic E-state index is 0.640. The van der Waals surface area contributed by atoms with E-state index in [0.29, 0.717) is 6.61 Å². The van der Waals surface area contributed by atoms with Crippen LogP contribution in [0.4, 0.5) is 5.13 Å². The average Bonchev–Trinajstić information content (AvgIpc) is 3.07. The lowest BCUT2D eigenvalue weighted by molar-refractivity contribution is 0.338. The second kappa shape index (κ2) is 8.27. The van der Waals surface area contributed by atoms with Gasteiger partial charge in [-0.15, -0.1) is 11.3 Å². The summed E-state index contributed by atoms with van der Waals surface area (Å²) in [7, 11) is 0. The zero-order chi connectivity index (χ0) is 17.6. The van der Waals surface area contributed by atoms with Gasteiger partial charge in [0.1, 0.15) is 5.75 Å². The predicted octanol–water partition coefficient (Wildman–Crippen LogP) is 5.73. The fourth-order valence-corrected chi connectivity index (χ4v) is 3.39. The van der Waals surface area contributed by atoms with E-state index in [4.69, 9.17) is 4.74 Å². The van der Waals surface area contributed by atoms with Crippen molar-refractivity contribution in [3.63, 3.8) is 0 Å². The third-order valence-electron chi connectivity index (χ3n) is 3.48. The Morgan fingerprint density at radius 1 is 1.24 bits per heavy atom. The molecule has 0 amide bonds. The molecule has 0 atom stereocenters. The number of thiazole rings is 1. The number of aryl methyl sites for hydroxylation is 1. The van der Waals surface area contributed by atoms with Crippen molar-refractivity contribution in [1.29, 1.82) is 0 Å². The van der Waals surface area contributed by atoms with Crippen LogP contribution in [0, 0.1) is 6.92 Å². The Morgan fingerprint density at radius 2 is 2.04 bits per heavy atom. The minimum Gasteiger partial charge on any atom is -0.493 e. The molecule has 0 spiro atoms. The van der Waals surface area contributed by atoms with E-state index in [-0.39, 0.29) is 0 Å². The molecule has 0 aliphatic carbocycles. The largest absolute Gasteiger partial charge is 0.493 e. The molecule has 3 aromatic rings. The van der Waals surface area contributed by atoms with Crippen LogP contribution in [0.3, 0.4) is 0 Å². The van der Waals surface area contributed by atoms with E-state index in [9.17, 15) is 0 Å². The molecule has 0 unspecified atom stereocenters. The Kier molecular flexibility index (Phi) is 5.83. The third kappa shape index (κ3) is 4.67. The SMILES string of the molecule is CCOc1ccc(/C=N\Nc2nc(-c3ccc(C)cc3)cs2)cc1Br. The number of benzene rings is 2. The zero-order valence-corrected chi connectivity index (χ0v) is 16.4. The number of rotatable bonds is 6. The van der Waals surface area contributed by atoms with Crippen LogP contribution in [0.25, 0.3) is 11.3 Å². The number of nitrogens with one attached hydrogen (secondary N) is 1. The Labute approximate surface area is 159 Å². The molecule has 2 aromatic carbocycles. The van der Waals surface area contributed by atoms with Crippen LogP contribution >= 0.6 is 27.3 Å². The van der Waals surface area contributed by atoms with Crippen molar-refractivity contribution in [2.24, 2.45) is 5.10 Å². The standard InChI is InChI=1S/C19H18BrN3OS/c1-3-24-18-9-6-14(10-16(18)20)11-21-23-19-22-17(12-25-19)15-7-4-13(2)5-8-15/h4-12H,3H2,1-2H3,(H,22,23)/b21-11-. The molecule has 1 N–H and O–H groups in total. The van der Waals surface area contributed by atoms with Gasteiger partial charge in [0, 0.05) is 10.9 Å². The monoisotopic (exact) mass is 415 g/mol. The molecule has 0 saturated carbocycles. The van der Waals surface area contributed by atoms with Gasteiger partial charge in [-0.3, -0.25) is 5.43 Å². The summed E-state index contributed by atoms with van der Waals surface area (Å²) >= 11 is 5.03. The van der Waals surface area contributed by atoms with Gasteiger partial charge in [0.15, 0.2) is 0 Å². The summed E-state index contributed by atoms with van der Waals surface area (Å²) in [4.78, 5) is 4.56. The first-order chi connectivity index (χ1) is 12.2. The smallest absolute Gasteiger partial charge is 0.203 e. The molecule has 0 saturated heterocycles. The predicted molar refractivity (Wildman–Crippen MR) is 109 cm³/mol. The topological polar surface area (TPSA) is 46.5 Å². The number of hydrogen-bond donors (Lipinski definition) is 1. The highest BCUT2D eigenvalue weighted by molar-refractivity contribution is 9.10. The van der Waals surface area contributed by atoms with Gasteiger partial charge in [-0.1, -0.05) is 29.8 Å². The normalized spacial score (nSPS) is 11.0. The maximum Gasteiger partial charge on any atom is 0.203 e. The average molecular weight is 416 g/mol. The number of hydrogen-bond acceptors (Lipinski definition) is 5. The van der Waals surface area contributed by atoms with E-state index in [1.807, 2.05) is 30.5 Å². The van der Waals surface area contributed by atoms with E-state index in [2.05, 4.69) is 62.6 Å². The van der Waals surface area contributed by atoms with Crippen LogP contribution in [-0.4, -0.2) is 17.8 Å². The second-order valence-electron chi connectivity index (χ2n) is 5.40. The minimum absolute atomic E-state index is 0.640. The second-order valence-corrected chi connectivity index (χ2v) is 7.11. The molecule has 3 rings (SSSR count). The first-order valence-corrected chi connectivity index (χ1v) is 9.57. The van der Waals surface area contributed by atoms with Gasteiger partial charge in [0.05, 0.1) is 23.0 Å². The van der Waals surface area contributed by atoms with Crippen molar-refractivity contribution < 1.29 is 4.74 Å². The van der Waals surface area contributed by atoms with Crippen LogP contribution in [-0.2, 0) is 0 Å². The maximum absolute atomic E-state index is 5.50. The van der Waals surface area contributed by atoms with Crippen molar-refractivity contribution in [2.45, 2.75) is 13.8 Å². The molecule has 1 aromatic heterocycles. The van der Waals surface area contributed by atoms with Crippen LogP contribution in [0.2, 0.25) is 0 Å². The van der Waals surface area contributed by atoms with Crippen molar-refractivity contribution in [2.75, 3.05) is 12.0 Å². The van der Waals surface area contributed by atoms with E-state index >= 15 is 0 Å². The van der Waals surface area contributed by atoms with Gasteiger partial charge in [0.2, 0.25) is 5.13 Å². The summed E-state index contributed by atoms with van der Waals surface area (Å²) in [6.45, 7) is 4.68. The van der Waals surface area contributed by atoms with E-state index in [1.165, 1.54) is 16.9 Å². The molecule has 0 fully saturated rings. The number of ether oxygens (including phenoxy) is 1. The Hall–Kier alpha value is -2.18. The summed E-state index contributed by atoms with van der Waals surface area (Å²) in [5.41, 5.74) is 7.25. The number of hydrazone groups is 1. The van der Waals surface area contributed by atoms with E-state index < -0.39 is 0 Å². The number of aromatic nitrogens is 1. The van der Waals surface area contributed by atoms with Crippen molar-refractivity contribution in [3.8, 4) is 17.0 Å². The Balaban J connectivity index is 1.65. The number of halogens is 1. The van der Waals surface area contributed by atoms with Crippen LogP contribution in [0.1, 0.15) is 18.1 Å². The molecule has 128 valence electrons. The highest BCUT2D eigenvalue weighted by atomic mass is 79.9. The fraction of sp³-hybridized carbons (Fsp3) is 0.158. The molecule has 0 radical (unpaired) electrons. The van der Waals surface area contributed by atoms with Gasteiger partial charge < -0.3 is 4.74 Å². The molecular formula is C19H18BrN3OS. The first-order valence-electron chi connectivity index (χ1n) is 7.89. The molecule has 25 heavy (non-hydrogen) atoms. The van der Waals surface area contributed by atoms with Crippen LogP contribution in [0.5, 0.6) is 5.75 Å². The highest BCUT2D eigenvalue weighted by Gasteiger charge is 2.04. The zero-order valence-electron chi connectivity index (χ0n) is 14.0. The van der Waals surface area contributed by atoms with E-state index in [1.54, 1.807) is 6.21 Å². The molecule has 0 aliphatic heterocycles. The summed E-state index contributed by atoms with van der Waals surface area (Å²) in [6.07, 6.45) is 1.76. The summed E-state index contributed by atoms with van der Waals surface area (Å²) < 4.78 is 6.41. The maximum atomic E-state index is 5.50. The van der Waals surface area contributed by atoms with Gasteiger partial charge >= 0.3 is 0 Å². The lowest BCUT2D eigenvalue weighted by Gasteiger charge is -2.05. The van der Waals surface area contributed by atoms with Crippen molar-refractivity contribution >= 4 is 38.6 Å².